The summed E-state index contributed by atoms with van der Waals surface area (Å²) in [5.74, 6) is 2.12. The molecule has 0 fully saturated rings. The van der Waals surface area contributed by atoms with Gasteiger partial charge >= 0.3 is 0 Å². The third-order valence-corrected chi connectivity index (χ3v) is 7.85. The third kappa shape index (κ3) is 8.31. The Hall–Kier alpha value is -2.37. The molecule has 0 bridgehead atoms. The Morgan fingerprint density at radius 2 is 0.868 bits per heavy atom. The lowest BCUT2D eigenvalue weighted by Crippen LogP contribution is -2.01. The molecule has 0 amide bonds. The summed E-state index contributed by atoms with van der Waals surface area (Å²) in [5.41, 5.74) is 5.82. The van der Waals surface area contributed by atoms with Gasteiger partial charge in [-0.2, -0.15) is 0 Å². The number of rotatable bonds is 13. The Morgan fingerprint density at radius 1 is 0.474 bits per heavy atom. The molecule has 0 atom stereocenters. The summed E-state index contributed by atoms with van der Waals surface area (Å²) in [4.78, 5) is 14.9. The maximum atomic E-state index is 5.00. The minimum Gasteiger partial charge on any atom is -0.208 e. The minimum atomic E-state index is 0.693. The van der Waals surface area contributed by atoms with Crippen molar-refractivity contribution in [2.75, 3.05) is 0 Å². The third-order valence-electron chi connectivity index (χ3n) is 6.79. The van der Waals surface area contributed by atoms with Crippen molar-refractivity contribution in [1.82, 2.24) is 15.0 Å². The van der Waals surface area contributed by atoms with Crippen LogP contribution in [0.4, 0.5) is 0 Å². The predicted octanol–water partition coefficient (Wildman–Crippen LogP) is 10.6. The fourth-order valence-electron chi connectivity index (χ4n) is 4.65. The molecule has 0 aliphatic carbocycles. The summed E-state index contributed by atoms with van der Waals surface area (Å²) < 4.78 is 2.07. The number of halogens is 2. The van der Waals surface area contributed by atoms with Gasteiger partial charge in [0.2, 0.25) is 0 Å². The van der Waals surface area contributed by atoms with E-state index in [1.807, 2.05) is 24.3 Å². The lowest BCUT2D eigenvalue weighted by atomic mass is 9.97. The van der Waals surface area contributed by atoms with Gasteiger partial charge in [-0.25, -0.2) is 15.0 Å². The van der Waals surface area contributed by atoms with Crippen molar-refractivity contribution in [3.8, 4) is 34.2 Å². The first-order valence-electron chi connectivity index (χ1n) is 14.0. The summed E-state index contributed by atoms with van der Waals surface area (Å²) in [6.07, 6.45) is 12.3. The van der Waals surface area contributed by atoms with E-state index in [0.717, 1.165) is 44.3 Å². The highest BCUT2D eigenvalue weighted by molar-refractivity contribution is 9.10. The van der Waals surface area contributed by atoms with E-state index in [9.17, 15) is 0 Å². The Kier molecular flexibility index (Phi) is 11.1. The van der Waals surface area contributed by atoms with E-state index < -0.39 is 0 Å². The normalized spacial score (nSPS) is 11.2. The van der Waals surface area contributed by atoms with Crippen LogP contribution in [0.3, 0.4) is 0 Å². The van der Waals surface area contributed by atoms with Gasteiger partial charge < -0.3 is 0 Å². The van der Waals surface area contributed by atoms with Crippen LogP contribution in [0.1, 0.15) is 76.3 Å². The Morgan fingerprint density at radius 3 is 1.26 bits per heavy atom. The van der Waals surface area contributed by atoms with Crippen LogP contribution in [-0.2, 0) is 12.8 Å². The minimum absolute atomic E-state index is 0.693. The number of aryl methyl sites for hydroxylation is 2. The molecule has 0 saturated heterocycles. The average Bonchev–Trinajstić information content (AvgIpc) is 2.94. The van der Waals surface area contributed by atoms with Gasteiger partial charge in [0.25, 0.3) is 0 Å². The monoisotopic (exact) mass is 633 g/mol. The molecule has 1 heterocycles. The summed E-state index contributed by atoms with van der Waals surface area (Å²) >= 11 is 7.09. The summed E-state index contributed by atoms with van der Waals surface area (Å²) in [5, 5.41) is 0. The largest absolute Gasteiger partial charge is 0.208 e. The van der Waals surface area contributed by atoms with Crippen LogP contribution in [0.25, 0.3) is 34.2 Å². The standard InChI is InChI=1S/C33H37Br2N3/c1-3-5-7-9-11-24-21-25(12-10-8-6-4-2)23-28(22-24)33-37-31(26-13-17-29(34)18-14-26)36-32(38-33)27-15-19-30(35)20-16-27/h13-23H,3-12H2,1-2H3. The fourth-order valence-corrected chi connectivity index (χ4v) is 5.18. The van der Waals surface area contributed by atoms with Gasteiger partial charge in [0.15, 0.2) is 17.5 Å². The van der Waals surface area contributed by atoms with Crippen molar-refractivity contribution in [3.63, 3.8) is 0 Å². The highest BCUT2D eigenvalue weighted by Crippen LogP contribution is 2.28. The van der Waals surface area contributed by atoms with Crippen molar-refractivity contribution in [3.05, 3.63) is 86.8 Å². The second-order valence-electron chi connectivity index (χ2n) is 9.98. The molecule has 4 rings (SSSR count). The summed E-state index contributed by atoms with van der Waals surface area (Å²) in [6, 6.07) is 23.3. The molecule has 4 aromatic rings. The quantitative estimate of drug-likeness (QED) is 0.137. The van der Waals surface area contributed by atoms with E-state index in [1.54, 1.807) is 0 Å². The van der Waals surface area contributed by atoms with Gasteiger partial charge in [-0.3, -0.25) is 0 Å². The molecule has 5 heteroatoms. The lowest BCUT2D eigenvalue weighted by Gasteiger charge is -2.12. The second-order valence-corrected chi connectivity index (χ2v) is 11.8. The van der Waals surface area contributed by atoms with Crippen LogP contribution >= 0.6 is 31.9 Å². The van der Waals surface area contributed by atoms with E-state index in [4.69, 9.17) is 15.0 Å². The zero-order chi connectivity index (χ0) is 26.7. The first kappa shape index (κ1) is 28.6. The Bertz CT molecular complexity index is 1210. The van der Waals surface area contributed by atoms with E-state index >= 15 is 0 Å². The van der Waals surface area contributed by atoms with Crippen molar-refractivity contribution >= 4 is 31.9 Å². The SMILES string of the molecule is CCCCCCc1cc(CCCCCC)cc(-c2nc(-c3ccc(Br)cc3)nc(-c3ccc(Br)cc3)n2)c1. The predicted molar refractivity (Wildman–Crippen MR) is 167 cm³/mol. The summed E-state index contributed by atoms with van der Waals surface area (Å²) in [7, 11) is 0. The smallest absolute Gasteiger partial charge is 0.164 e. The molecule has 0 N–H and O–H groups in total. The number of unbranched alkanes of at least 4 members (excludes halogenated alkanes) is 6. The molecule has 3 aromatic carbocycles. The average molecular weight is 635 g/mol. The highest BCUT2D eigenvalue weighted by atomic mass is 79.9. The van der Waals surface area contributed by atoms with Gasteiger partial charge in [-0.1, -0.05) is 115 Å². The van der Waals surface area contributed by atoms with Crippen molar-refractivity contribution in [2.45, 2.75) is 78.1 Å². The second kappa shape index (κ2) is 14.7. The van der Waals surface area contributed by atoms with Crippen LogP contribution in [0.2, 0.25) is 0 Å². The molecule has 0 aliphatic rings. The van der Waals surface area contributed by atoms with Crippen LogP contribution < -0.4 is 0 Å². The molecule has 0 unspecified atom stereocenters. The molecule has 3 nitrogen and oxygen atoms in total. The zero-order valence-corrected chi connectivity index (χ0v) is 25.7. The topological polar surface area (TPSA) is 38.7 Å². The number of benzene rings is 3. The van der Waals surface area contributed by atoms with Crippen molar-refractivity contribution in [2.24, 2.45) is 0 Å². The van der Waals surface area contributed by atoms with E-state index in [-0.39, 0.29) is 0 Å². The molecule has 38 heavy (non-hydrogen) atoms. The van der Waals surface area contributed by atoms with Crippen LogP contribution in [0.15, 0.2) is 75.7 Å². The number of nitrogens with zero attached hydrogens (tertiary/aromatic N) is 3. The molecule has 0 radical (unpaired) electrons. The fraction of sp³-hybridized carbons (Fsp3) is 0.364. The van der Waals surface area contributed by atoms with Gasteiger partial charge in [0.1, 0.15) is 0 Å². The zero-order valence-electron chi connectivity index (χ0n) is 22.5. The first-order chi connectivity index (χ1) is 18.6. The number of hydrogen-bond acceptors (Lipinski definition) is 3. The molecular formula is C33H37Br2N3. The first-order valence-corrected chi connectivity index (χ1v) is 15.6. The van der Waals surface area contributed by atoms with Crippen LogP contribution in [0, 0.1) is 0 Å². The summed E-state index contributed by atoms with van der Waals surface area (Å²) in [6.45, 7) is 4.53. The van der Waals surface area contributed by atoms with E-state index in [1.165, 1.54) is 62.5 Å². The van der Waals surface area contributed by atoms with Gasteiger partial charge in [-0.15, -0.1) is 0 Å². The molecule has 0 saturated carbocycles. The Balaban J connectivity index is 1.76. The highest BCUT2D eigenvalue weighted by Gasteiger charge is 2.14. The molecule has 0 aliphatic heterocycles. The van der Waals surface area contributed by atoms with E-state index in [2.05, 4.69) is 88.2 Å². The molecule has 0 spiro atoms. The van der Waals surface area contributed by atoms with Crippen molar-refractivity contribution < 1.29 is 0 Å². The number of hydrogen-bond donors (Lipinski definition) is 0. The lowest BCUT2D eigenvalue weighted by molar-refractivity contribution is 0.661. The van der Waals surface area contributed by atoms with Crippen LogP contribution in [-0.4, -0.2) is 15.0 Å². The van der Waals surface area contributed by atoms with Crippen molar-refractivity contribution in [1.29, 1.82) is 0 Å². The van der Waals surface area contributed by atoms with Crippen LogP contribution in [0.5, 0.6) is 0 Å². The Labute approximate surface area is 244 Å². The van der Waals surface area contributed by atoms with Gasteiger partial charge in [0, 0.05) is 25.6 Å². The maximum Gasteiger partial charge on any atom is 0.164 e. The van der Waals surface area contributed by atoms with E-state index in [0.29, 0.717) is 11.6 Å². The number of aromatic nitrogens is 3. The maximum absolute atomic E-state index is 5.00. The van der Waals surface area contributed by atoms with Gasteiger partial charge in [0.05, 0.1) is 0 Å². The molecule has 198 valence electrons. The molecule has 1 aromatic heterocycles. The van der Waals surface area contributed by atoms with Gasteiger partial charge in [-0.05, 0) is 73.2 Å². The molecular weight excluding hydrogens is 598 g/mol.